The predicted octanol–water partition coefficient (Wildman–Crippen LogP) is 7.60. The van der Waals surface area contributed by atoms with E-state index in [1.54, 1.807) is 12.3 Å². The highest BCUT2D eigenvalue weighted by molar-refractivity contribution is 7.48. The van der Waals surface area contributed by atoms with E-state index in [9.17, 15) is 14.8 Å². The van der Waals surface area contributed by atoms with E-state index in [0.29, 0.717) is 60.3 Å². The van der Waals surface area contributed by atoms with E-state index in [1.807, 2.05) is 6.07 Å². The van der Waals surface area contributed by atoms with Crippen LogP contribution in [0.3, 0.4) is 0 Å². The van der Waals surface area contributed by atoms with Crippen LogP contribution in [-0.4, -0.2) is 40.6 Å². The third-order valence-electron chi connectivity index (χ3n) is 12.7. The number of nitrogens with zero attached hydrogens (tertiary/aromatic N) is 1. The molecule has 0 bridgehead atoms. The summed E-state index contributed by atoms with van der Waals surface area (Å²) < 4.78 is 30.5. The Hall–Kier alpha value is -0.530. The van der Waals surface area contributed by atoms with Gasteiger partial charge < -0.3 is 10.2 Å². The molecule has 1 aliphatic heterocycles. The minimum atomic E-state index is -3.66. The number of rotatable bonds is 6. The molecular formula is C32H49ClNO6P. The van der Waals surface area contributed by atoms with Crippen LogP contribution in [0.25, 0.3) is 0 Å². The molecule has 9 heteroatoms. The first-order valence-electron chi connectivity index (χ1n) is 16.0. The average molecular weight is 610 g/mol. The monoisotopic (exact) mass is 609 g/mol. The molecule has 1 aromatic heterocycles. The number of aliphatic hydroxyl groups excluding tert-OH is 2. The predicted molar refractivity (Wildman–Crippen MR) is 158 cm³/mol. The molecule has 2 N–H and O–H groups in total. The van der Waals surface area contributed by atoms with Crippen LogP contribution in [0.15, 0.2) is 18.3 Å². The Morgan fingerprint density at radius 3 is 2.66 bits per heavy atom. The van der Waals surface area contributed by atoms with Crippen LogP contribution in [0.2, 0.25) is 5.15 Å². The van der Waals surface area contributed by atoms with Gasteiger partial charge in [-0.15, -0.1) is 0 Å². The van der Waals surface area contributed by atoms with Crippen molar-refractivity contribution in [2.45, 2.75) is 104 Å². The average Bonchev–Trinajstić information content (AvgIpc) is 3.29. The van der Waals surface area contributed by atoms with E-state index in [-0.39, 0.29) is 29.0 Å². The Morgan fingerprint density at radius 2 is 1.88 bits per heavy atom. The van der Waals surface area contributed by atoms with Crippen LogP contribution in [0.1, 0.15) is 97.1 Å². The van der Waals surface area contributed by atoms with Gasteiger partial charge in [-0.3, -0.25) is 13.6 Å². The van der Waals surface area contributed by atoms with Crippen molar-refractivity contribution < 1.29 is 28.3 Å². The first-order valence-corrected chi connectivity index (χ1v) is 17.8. The lowest BCUT2D eigenvalue weighted by Crippen LogP contribution is -2.61. The molecule has 5 fully saturated rings. The molecule has 0 amide bonds. The molecule has 0 radical (unpaired) electrons. The van der Waals surface area contributed by atoms with Crippen molar-refractivity contribution in [3.05, 3.63) is 29.0 Å². The van der Waals surface area contributed by atoms with Gasteiger partial charge in [-0.1, -0.05) is 39.3 Å². The summed E-state index contributed by atoms with van der Waals surface area (Å²) in [6.07, 6.45) is 9.62. The quantitative estimate of drug-likeness (QED) is 0.253. The lowest BCUT2D eigenvalue weighted by molar-refractivity contribution is -0.199. The van der Waals surface area contributed by atoms with E-state index in [0.717, 1.165) is 31.2 Å². The largest absolute Gasteiger partial charge is 0.475 e. The number of fused-ring (bicyclic) bond motifs is 5. The summed E-state index contributed by atoms with van der Waals surface area (Å²) in [7, 11) is -3.66. The maximum atomic E-state index is 13.3. The maximum Gasteiger partial charge on any atom is 0.475 e. The summed E-state index contributed by atoms with van der Waals surface area (Å²) in [4.78, 5) is 4.02. The molecule has 5 aliphatic rings. The lowest BCUT2D eigenvalue weighted by Gasteiger charge is -2.64. The van der Waals surface area contributed by atoms with Crippen molar-refractivity contribution in [3.8, 4) is 0 Å². The minimum Gasteiger partial charge on any atom is -0.393 e. The number of hydrogen-bond acceptors (Lipinski definition) is 7. The highest BCUT2D eigenvalue weighted by atomic mass is 35.5. The second-order valence-electron chi connectivity index (χ2n) is 14.6. The fraction of sp³-hybridized carbons (Fsp3) is 0.844. The van der Waals surface area contributed by atoms with Crippen LogP contribution < -0.4 is 0 Å². The third-order valence-corrected chi connectivity index (χ3v) is 14.4. The molecule has 1 saturated heterocycles. The Morgan fingerprint density at radius 1 is 1.12 bits per heavy atom. The molecule has 4 aliphatic carbocycles. The van der Waals surface area contributed by atoms with Crippen molar-refractivity contribution in [1.82, 2.24) is 4.98 Å². The highest BCUT2D eigenvalue weighted by Crippen LogP contribution is 2.69. The molecule has 7 nitrogen and oxygen atoms in total. The van der Waals surface area contributed by atoms with Crippen molar-refractivity contribution in [1.29, 1.82) is 0 Å². The lowest BCUT2D eigenvalue weighted by atomic mass is 9.42. The van der Waals surface area contributed by atoms with Crippen molar-refractivity contribution >= 4 is 19.4 Å². The van der Waals surface area contributed by atoms with Crippen molar-refractivity contribution in [2.24, 2.45) is 52.3 Å². The van der Waals surface area contributed by atoms with Crippen LogP contribution in [-0.2, 0) is 18.1 Å². The zero-order valence-corrected chi connectivity index (χ0v) is 26.7. The van der Waals surface area contributed by atoms with Gasteiger partial charge in [0.15, 0.2) is 0 Å². The first kappa shape index (κ1) is 30.5. The zero-order chi connectivity index (χ0) is 29.2. The molecule has 6 rings (SSSR count). The van der Waals surface area contributed by atoms with Gasteiger partial charge in [0, 0.05) is 12.6 Å². The van der Waals surface area contributed by atoms with Crippen molar-refractivity contribution in [2.75, 3.05) is 13.2 Å². The first-order chi connectivity index (χ1) is 19.4. The van der Waals surface area contributed by atoms with Crippen molar-refractivity contribution in [3.63, 3.8) is 0 Å². The summed E-state index contributed by atoms with van der Waals surface area (Å²) in [5.74, 6) is 2.97. The minimum absolute atomic E-state index is 0.187. The number of aliphatic hydroxyl groups is 2. The number of aromatic nitrogens is 1. The van der Waals surface area contributed by atoms with Crippen LogP contribution in [0.4, 0.5) is 0 Å². The van der Waals surface area contributed by atoms with E-state index < -0.39 is 13.9 Å². The van der Waals surface area contributed by atoms with Crippen LogP contribution >= 0.6 is 19.4 Å². The summed E-state index contributed by atoms with van der Waals surface area (Å²) in [6.45, 7) is 10.2. The Balaban J connectivity index is 1.09. The smallest absolute Gasteiger partial charge is 0.393 e. The van der Waals surface area contributed by atoms with Gasteiger partial charge in [-0.05, 0) is 121 Å². The van der Waals surface area contributed by atoms with Gasteiger partial charge in [-0.25, -0.2) is 9.55 Å². The maximum absolute atomic E-state index is 13.3. The molecule has 0 spiro atoms. The summed E-state index contributed by atoms with van der Waals surface area (Å²) >= 11 is 6.05. The van der Waals surface area contributed by atoms with E-state index in [1.165, 1.54) is 25.7 Å². The van der Waals surface area contributed by atoms with Crippen LogP contribution in [0, 0.1) is 52.3 Å². The van der Waals surface area contributed by atoms with Gasteiger partial charge in [0.2, 0.25) is 0 Å². The summed E-state index contributed by atoms with van der Waals surface area (Å²) in [5, 5.41) is 22.6. The summed E-state index contributed by atoms with van der Waals surface area (Å²) in [6, 6.07) is 3.56. The van der Waals surface area contributed by atoms with Gasteiger partial charge >= 0.3 is 7.82 Å². The van der Waals surface area contributed by atoms with Gasteiger partial charge in [0.05, 0.1) is 31.5 Å². The van der Waals surface area contributed by atoms with Gasteiger partial charge in [0.25, 0.3) is 0 Å². The Kier molecular flexibility index (Phi) is 8.51. The highest BCUT2D eigenvalue weighted by Gasteiger charge is 2.64. The molecule has 1 aromatic rings. The Bertz CT molecular complexity index is 1150. The second-order valence-corrected chi connectivity index (χ2v) is 16.6. The number of pyridine rings is 1. The second kappa shape index (κ2) is 11.4. The summed E-state index contributed by atoms with van der Waals surface area (Å²) in [5.41, 5.74) is 1.23. The molecule has 4 saturated carbocycles. The molecule has 13 atom stereocenters. The fourth-order valence-corrected chi connectivity index (χ4v) is 12.2. The fourth-order valence-electron chi connectivity index (χ4n) is 10.6. The standard InChI is InChI=1S/C32H49ClNO6P/c1-19(10-15-38-41(37)39-16-11-27(40-41)21-9-14-34-28(33)17-21)23-5-6-24-29-25(8-13-31(23,24)3)32(4)12-7-22(35)18-26(32)20(2)30(29)36/h9,14,17,19-20,22-27,29-30,35-36H,5-8,10-13,15-16,18H2,1-4H3/t19-,20-,22-,23-,24?,25?,26?,27-,29?,30-,31-,32-,41?/m1/s1. The molecule has 2 heterocycles. The normalized spacial score (nSPS) is 48.6. The van der Waals surface area contributed by atoms with E-state index in [2.05, 4.69) is 32.7 Å². The van der Waals surface area contributed by atoms with Gasteiger partial charge in [0.1, 0.15) is 5.15 Å². The molecular weight excluding hydrogens is 561 g/mol. The van der Waals surface area contributed by atoms with Crippen LogP contribution in [0.5, 0.6) is 0 Å². The Labute approximate surface area is 250 Å². The topological polar surface area (TPSA) is 98.1 Å². The molecule has 41 heavy (non-hydrogen) atoms. The van der Waals surface area contributed by atoms with E-state index in [4.69, 9.17) is 25.2 Å². The molecule has 5 unspecified atom stereocenters. The SMILES string of the molecule is C[C@H](CCOP1(=O)OCC[C@H](c2ccnc(Cl)c2)O1)[C@H]1CCC2C3C(CC[C@@]21C)[C@@]1(C)CC[C@@H](O)CC1[C@@H](C)[C@H]3O. The molecule has 0 aromatic carbocycles. The molecule has 230 valence electrons. The third kappa shape index (κ3) is 5.38. The van der Waals surface area contributed by atoms with E-state index >= 15 is 0 Å². The number of halogens is 1. The number of phosphoric acid groups is 1. The number of hydrogen-bond donors (Lipinski definition) is 2. The zero-order valence-electron chi connectivity index (χ0n) is 25.1. The van der Waals surface area contributed by atoms with Gasteiger partial charge in [-0.2, -0.15) is 0 Å². The number of phosphoric ester groups is 1.